The number of aliphatic hydroxyl groups is 1. The van der Waals surface area contributed by atoms with Gasteiger partial charge in [-0.2, -0.15) is 0 Å². The van der Waals surface area contributed by atoms with Gasteiger partial charge in [0, 0.05) is 18.1 Å². The van der Waals surface area contributed by atoms with Crippen LogP contribution in [0, 0.1) is 5.41 Å². The number of hydrogen-bond donors (Lipinski definition) is 3. The van der Waals surface area contributed by atoms with Crippen molar-refractivity contribution in [3.8, 4) is 0 Å². The third-order valence-electron chi connectivity index (χ3n) is 3.70. The van der Waals surface area contributed by atoms with Crippen molar-refractivity contribution < 1.29 is 9.90 Å². The lowest BCUT2D eigenvalue weighted by Gasteiger charge is -2.25. The smallest absolute Gasteiger partial charge is 0.220 e. The van der Waals surface area contributed by atoms with Crippen molar-refractivity contribution in [2.45, 2.75) is 46.1 Å². The van der Waals surface area contributed by atoms with Crippen LogP contribution >= 0.6 is 0 Å². The molecule has 0 aliphatic carbocycles. The first-order valence-electron chi connectivity index (χ1n) is 7.83. The van der Waals surface area contributed by atoms with Gasteiger partial charge in [0.05, 0.1) is 12.6 Å². The highest BCUT2D eigenvalue weighted by atomic mass is 16.3. The summed E-state index contributed by atoms with van der Waals surface area (Å²) in [4.78, 5) is 15.2. The first-order valence-corrected chi connectivity index (χ1v) is 7.83. The molecule has 1 aromatic heterocycles. The Labute approximate surface area is 131 Å². The Kier molecular flexibility index (Phi) is 5.24. The molecule has 0 radical (unpaired) electrons. The predicted octanol–water partition coefficient (Wildman–Crippen LogP) is 3.01. The van der Waals surface area contributed by atoms with Gasteiger partial charge in [-0.3, -0.25) is 4.79 Å². The number of H-pyrrole nitrogens is 1. The number of rotatable bonds is 6. The molecule has 22 heavy (non-hydrogen) atoms. The van der Waals surface area contributed by atoms with Crippen molar-refractivity contribution in [3.63, 3.8) is 0 Å². The molecule has 1 heterocycles. The van der Waals surface area contributed by atoms with E-state index in [1.54, 1.807) is 0 Å². The lowest BCUT2D eigenvalue weighted by atomic mass is 9.88. The second-order valence-corrected chi connectivity index (χ2v) is 7.11. The van der Waals surface area contributed by atoms with Crippen molar-refractivity contribution in [3.05, 3.63) is 36.0 Å². The van der Waals surface area contributed by atoms with Gasteiger partial charge in [0.15, 0.2) is 0 Å². The topological polar surface area (TPSA) is 65.1 Å². The number of amides is 1. The van der Waals surface area contributed by atoms with Gasteiger partial charge in [-0.15, -0.1) is 0 Å². The predicted molar refractivity (Wildman–Crippen MR) is 89.7 cm³/mol. The molecule has 1 amide bonds. The molecule has 0 bridgehead atoms. The molecule has 3 N–H and O–H groups in total. The van der Waals surface area contributed by atoms with Crippen LogP contribution in [-0.4, -0.2) is 28.6 Å². The Morgan fingerprint density at radius 2 is 2.09 bits per heavy atom. The molecule has 0 spiro atoms. The molecule has 1 atom stereocenters. The van der Waals surface area contributed by atoms with Gasteiger partial charge in [-0.25, -0.2) is 0 Å². The van der Waals surface area contributed by atoms with E-state index < -0.39 is 0 Å². The molecular weight excluding hydrogens is 276 g/mol. The van der Waals surface area contributed by atoms with Crippen LogP contribution < -0.4 is 5.32 Å². The fourth-order valence-electron chi connectivity index (χ4n) is 2.72. The first-order chi connectivity index (χ1) is 10.4. The van der Waals surface area contributed by atoms with Crippen molar-refractivity contribution in [2.75, 3.05) is 6.61 Å². The van der Waals surface area contributed by atoms with Crippen LogP contribution in [0.5, 0.6) is 0 Å². The quantitative estimate of drug-likeness (QED) is 0.768. The van der Waals surface area contributed by atoms with Gasteiger partial charge in [-0.1, -0.05) is 26.8 Å². The van der Waals surface area contributed by atoms with E-state index in [4.69, 9.17) is 0 Å². The number of aromatic amines is 1. The summed E-state index contributed by atoms with van der Waals surface area (Å²) in [6.07, 6.45) is 3.83. The normalized spacial score (nSPS) is 13.3. The van der Waals surface area contributed by atoms with E-state index in [-0.39, 0.29) is 24.0 Å². The van der Waals surface area contributed by atoms with Crippen LogP contribution in [0.4, 0.5) is 0 Å². The highest BCUT2D eigenvalue weighted by molar-refractivity contribution is 5.80. The van der Waals surface area contributed by atoms with Crippen LogP contribution in [0.3, 0.4) is 0 Å². The number of carbonyl (C=O) groups excluding carboxylic acids is 1. The van der Waals surface area contributed by atoms with Crippen molar-refractivity contribution in [1.82, 2.24) is 10.3 Å². The summed E-state index contributed by atoms with van der Waals surface area (Å²) in [5.41, 5.74) is 2.34. The SMILES string of the molecule is CC(C)(C)CC(CO)NC(=O)CCc1ccc2[nH]ccc2c1. The second kappa shape index (κ2) is 6.97. The largest absolute Gasteiger partial charge is 0.394 e. The molecule has 4 nitrogen and oxygen atoms in total. The molecule has 0 saturated heterocycles. The molecule has 1 unspecified atom stereocenters. The minimum atomic E-state index is -0.167. The molecule has 0 saturated carbocycles. The van der Waals surface area contributed by atoms with Crippen LogP contribution in [0.1, 0.15) is 39.2 Å². The minimum Gasteiger partial charge on any atom is -0.394 e. The Hall–Kier alpha value is -1.81. The zero-order valence-electron chi connectivity index (χ0n) is 13.6. The highest BCUT2D eigenvalue weighted by Crippen LogP contribution is 2.20. The second-order valence-electron chi connectivity index (χ2n) is 7.11. The summed E-state index contributed by atoms with van der Waals surface area (Å²) in [5, 5.41) is 13.5. The highest BCUT2D eigenvalue weighted by Gasteiger charge is 2.19. The summed E-state index contributed by atoms with van der Waals surface area (Å²) in [7, 11) is 0. The van der Waals surface area contributed by atoms with Gasteiger partial charge >= 0.3 is 0 Å². The molecule has 2 rings (SSSR count). The fraction of sp³-hybridized carbons (Fsp3) is 0.500. The van der Waals surface area contributed by atoms with Crippen molar-refractivity contribution in [2.24, 2.45) is 5.41 Å². The summed E-state index contributed by atoms with van der Waals surface area (Å²) in [5.74, 6) is -0.00235. The van der Waals surface area contributed by atoms with Crippen LogP contribution in [-0.2, 0) is 11.2 Å². The van der Waals surface area contributed by atoms with E-state index >= 15 is 0 Å². The number of carbonyl (C=O) groups is 1. The Morgan fingerprint density at radius 1 is 1.32 bits per heavy atom. The number of nitrogens with one attached hydrogen (secondary N) is 2. The number of hydrogen-bond acceptors (Lipinski definition) is 2. The minimum absolute atomic E-state index is 0.00235. The molecule has 1 aromatic carbocycles. The van der Waals surface area contributed by atoms with Gasteiger partial charge in [0.25, 0.3) is 0 Å². The van der Waals surface area contributed by atoms with Crippen molar-refractivity contribution >= 4 is 16.8 Å². The number of aliphatic hydroxyl groups excluding tert-OH is 1. The standard InChI is InChI=1S/C18H26N2O2/c1-18(2,3)11-15(12-21)20-17(22)7-5-13-4-6-16-14(10-13)8-9-19-16/h4,6,8-10,15,19,21H,5,7,11-12H2,1-3H3,(H,20,22). The lowest BCUT2D eigenvalue weighted by Crippen LogP contribution is -2.40. The summed E-state index contributed by atoms with van der Waals surface area (Å²) in [6, 6.07) is 8.06. The molecule has 0 aliphatic heterocycles. The van der Waals surface area contributed by atoms with E-state index in [9.17, 15) is 9.90 Å². The molecule has 4 heteroatoms. The third kappa shape index (κ3) is 4.88. The zero-order valence-corrected chi connectivity index (χ0v) is 13.6. The monoisotopic (exact) mass is 302 g/mol. The zero-order chi connectivity index (χ0) is 16.2. The van der Waals surface area contributed by atoms with Crippen LogP contribution in [0.15, 0.2) is 30.5 Å². The van der Waals surface area contributed by atoms with E-state index in [0.29, 0.717) is 12.8 Å². The number of aryl methyl sites for hydroxylation is 1. The third-order valence-corrected chi connectivity index (χ3v) is 3.70. The van der Waals surface area contributed by atoms with Gasteiger partial charge in [0.1, 0.15) is 0 Å². The van der Waals surface area contributed by atoms with Gasteiger partial charge in [-0.05, 0) is 47.4 Å². The van der Waals surface area contributed by atoms with E-state index in [1.165, 1.54) is 5.39 Å². The molecule has 2 aromatic rings. The summed E-state index contributed by atoms with van der Waals surface area (Å²) >= 11 is 0. The van der Waals surface area contributed by atoms with Gasteiger partial charge < -0.3 is 15.4 Å². The number of aromatic nitrogens is 1. The maximum Gasteiger partial charge on any atom is 0.220 e. The van der Waals surface area contributed by atoms with Gasteiger partial charge in [0.2, 0.25) is 5.91 Å². The van der Waals surface area contributed by atoms with Crippen LogP contribution in [0.2, 0.25) is 0 Å². The fourth-order valence-corrected chi connectivity index (χ4v) is 2.72. The summed E-state index contributed by atoms with van der Waals surface area (Å²) < 4.78 is 0. The average molecular weight is 302 g/mol. The molecule has 0 aliphatic rings. The van der Waals surface area contributed by atoms with E-state index in [2.05, 4.69) is 37.1 Å². The molecule has 120 valence electrons. The van der Waals surface area contributed by atoms with Crippen molar-refractivity contribution in [1.29, 1.82) is 0 Å². The molecule has 0 fully saturated rings. The average Bonchev–Trinajstić information content (AvgIpc) is 2.90. The number of fused-ring (bicyclic) bond motifs is 1. The van der Waals surface area contributed by atoms with E-state index in [0.717, 1.165) is 17.5 Å². The Bertz CT molecular complexity index is 625. The molecular formula is C18H26N2O2. The first kappa shape index (κ1) is 16.6. The Balaban J connectivity index is 1.86. The lowest BCUT2D eigenvalue weighted by molar-refractivity contribution is -0.122. The maximum absolute atomic E-state index is 12.1. The Morgan fingerprint density at radius 3 is 2.77 bits per heavy atom. The summed E-state index contributed by atoms with van der Waals surface area (Å²) in [6.45, 7) is 6.30. The maximum atomic E-state index is 12.1. The van der Waals surface area contributed by atoms with E-state index in [1.807, 2.05) is 24.4 Å². The van der Waals surface area contributed by atoms with Crippen LogP contribution in [0.25, 0.3) is 10.9 Å². The number of benzene rings is 1.